The number of rotatable bonds is 3. The molecular formula is C37H23NS. The SMILES string of the molecule is c1ccc2cc(Sc3c4ccccc4c(-c4cc5ccccc5c5ccccc45)c4cnccc34)ccc2c1. The van der Waals surface area contributed by atoms with Crippen LogP contribution in [0.15, 0.2) is 150 Å². The van der Waals surface area contributed by atoms with Crippen molar-refractivity contribution in [3.8, 4) is 11.1 Å². The zero-order chi connectivity index (χ0) is 25.8. The minimum atomic E-state index is 1.18. The van der Waals surface area contributed by atoms with Crippen LogP contribution in [0.25, 0.3) is 65.0 Å². The van der Waals surface area contributed by atoms with Gasteiger partial charge in [0, 0.05) is 27.6 Å². The van der Waals surface area contributed by atoms with Gasteiger partial charge in [-0.25, -0.2) is 0 Å². The molecule has 7 aromatic carbocycles. The first-order valence-electron chi connectivity index (χ1n) is 13.2. The molecule has 0 N–H and O–H groups in total. The Hall–Kier alpha value is -4.66. The molecule has 1 heterocycles. The van der Waals surface area contributed by atoms with Crippen molar-refractivity contribution < 1.29 is 0 Å². The highest BCUT2D eigenvalue weighted by molar-refractivity contribution is 7.99. The first kappa shape index (κ1) is 22.3. The zero-order valence-corrected chi connectivity index (χ0v) is 22.0. The molecule has 0 radical (unpaired) electrons. The Morgan fingerprint density at radius 1 is 0.436 bits per heavy atom. The first-order chi connectivity index (χ1) is 19.3. The van der Waals surface area contributed by atoms with Crippen LogP contribution in [-0.4, -0.2) is 4.98 Å². The molecule has 8 rings (SSSR count). The molecule has 0 saturated carbocycles. The monoisotopic (exact) mass is 513 g/mol. The van der Waals surface area contributed by atoms with E-state index < -0.39 is 0 Å². The highest BCUT2D eigenvalue weighted by Gasteiger charge is 2.19. The second-order valence-corrected chi connectivity index (χ2v) is 11.1. The highest BCUT2D eigenvalue weighted by atomic mass is 32.2. The minimum absolute atomic E-state index is 1.18. The Morgan fingerprint density at radius 2 is 1.08 bits per heavy atom. The fourth-order valence-corrected chi connectivity index (χ4v) is 7.12. The predicted molar refractivity (Wildman–Crippen MR) is 168 cm³/mol. The van der Waals surface area contributed by atoms with E-state index in [1.54, 1.807) is 0 Å². The maximum Gasteiger partial charge on any atom is 0.0353 e. The van der Waals surface area contributed by atoms with Gasteiger partial charge in [0.2, 0.25) is 0 Å². The van der Waals surface area contributed by atoms with Crippen molar-refractivity contribution in [2.45, 2.75) is 9.79 Å². The van der Waals surface area contributed by atoms with Crippen molar-refractivity contribution in [2.24, 2.45) is 0 Å². The highest BCUT2D eigenvalue weighted by Crippen LogP contribution is 2.47. The van der Waals surface area contributed by atoms with Crippen LogP contribution in [-0.2, 0) is 0 Å². The number of benzene rings is 7. The van der Waals surface area contributed by atoms with Crippen molar-refractivity contribution >= 4 is 65.6 Å². The Morgan fingerprint density at radius 3 is 1.92 bits per heavy atom. The van der Waals surface area contributed by atoms with Crippen molar-refractivity contribution in [1.82, 2.24) is 4.98 Å². The van der Waals surface area contributed by atoms with Gasteiger partial charge in [0.05, 0.1) is 0 Å². The van der Waals surface area contributed by atoms with Crippen molar-refractivity contribution in [2.75, 3.05) is 0 Å². The summed E-state index contributed by atoms with van der Waals surface area (Å²) in [5.74, 6) is 0. The molecule has 0 unspecified atom stereocenters. The Balaban J connectivity index is 1.46. The zero-order valence-electron chi connectivity index (χ0n) is 21.1. The van der Waals surface area contributed by atoms with Gasteiger partial charge in [-0.2, -0.15) is 0 Å². The summed E-state index contributed by atoms with van der Waals surface area (Å²) >= 11 is 1.84. The van der Waals surface area contributed by atoms with E-state index in [2.05, 4.69) is 132 Å². The third kappa shape index (κ3) is 3.60. The van der Waals surface area contributed by atoms with Crippen LogP contribution in [0.3, 0.4) is 0 Å². The van der Waals surface area contributed by atoms with Crippen LogP contribution in [0.5, 0.6) is 0 Å². The van der Waals surface area contributed by atoms with Crippen LogP contribution in [0.2, 0.25) is 0 Å². The molecule has 39 heavy (non-hydrogen) atoms. The Labute approximate surface area is 230 Å². The van der Waals surface area contributed by atoms with E-state index in [0.29, 0.717) is 0 Å². The van der Waals surface area contributed by atoms with Gasteiger partial charge < -0.3 is 0 Å². The van der Waals surface area contributed by atoms with Crippen LogP contribution in [0.4, 0.5) is 0 Å². The molecule has 182 valence electrons. The number of aromatic nitrogens is 1. The molecule has 1 nitrogen and oxygen atoms in total. The molecule has 0 bridgehead atoms. The molecule has 2 heteroatoms. The van der Waals surface area contributed by atoms with Crippen molar-refractivity contribution in [1.29, 1.82) is 0 Å². The summed E-state index contributed by atoms with van der Waals surface area (Å²) in [6, 6.07) is 46.2. The van der Waals surface area contributed by atoms with E-state index >= 15 is 0 Å². The van der Waals surface area contributed by atoms with Gasteiger partial charge in [-0.3, -0.25) is 4.98 Å². The van der Waals surface area contributed by atoms with E-state index in [4.69, 9.17) is 0 Å². The third-order valence-corrected chi connectivity index (χ3v) is 8.89. The summed E-state index contributed by atoms with van der Waals surface area (Å²) in [6.07, 6.45) is 3.97. The van der Waals surface area contributed by atoms with Crippen molar-refractivity contribution in [3.63, 3.8) is 0 Å². The third-order valence-electron chi connectivity index (χ3n) is 7.75. The molecule has 0 spiro atoms. The molecule has 8 aromatic rings. The number of fused-ring (bicyclic) bond motifs is 6. The van der Waals surface area contributed by atoms with E-state index in [1.807, 2.05) is 24.2 Å². The number of nitrogens with zero attached hydrogens (tertiary/aromatic N) is 1. The largest absolute Gasteiger partial charge is 0.264 e. The second kappa shape index (κ2) is 8.97. The van der Waals surface area contributed by atoms with E-state index in [9.17, 15) is 0 Å². The summed E-state index contributed by atoms with van der Waals surface area (Å²) < 4.78 is 0. The molecule has 0 amide bonds. The smallest absolute Gasteiger partial charge is 0.0353 e. The lowest BCUT2D eigenvalue weighted by Gasteiger charge is -2.19. The average Bonchev–Trinajstić information content (AvgIpc) is 3.01. The summed E-state index contributed by atoms with van der Waals surface area (Å²) in [5.41, 5.74) is 2.50. The molecule has 0 aliphatic carbocycles. The molecular weight excluding hydrogens is 490 g/mol. The van der Waals surface area contributed by atoms with Gasteiger partial charge in [-0.1, -0.05) is 115 Å². The Kier molecular flexibility index (Phi) is 5.14. The van der Waals surface area contributed by atoms with Crippen LogP contribution < -0.4 is 0 Å². The normalized spacial score (nSPS) is 11.7. The number of pyridine rings is 1. The van der Waals surface area contributed by atoms with Crippen LogP contribution >= 0.6 is 11.8 Å². The average molecular weight is 514 g/mol. The topological polar surface area (TPSA) is 12.9 Å². The summed E-state index contributed by atoms with van der Waals surface area (Å²) in [6.45, 7) is 0. The standard InChI is InChI=1S/C37H23NS/c1-2-10-25-21-27(18-17-24(25)9-1)39-37-32-16-8-7-15-31(32)36(35-23-38-20-19-33(35)37)34-22-26-11-3-4-12-28(26)29-13-5-6-14-30(29)34/h1-23H. The number of hydrogen-bond acceptors (Lipinski definition) is 2. The van der Waals surface area contributed by atoms with Crippen molar-refractivity contribution in [3.05, 3.63) is 140 Å². The molecule has 0 aliphatic rings. The van der Waals surface area contributed by atoms with E-state index in [1.165, 1.54) is 74.8 Å². The fraction of sp³-hybridized carbons (Fsp3) is 0. The van der Waals surface area contributed by atoms with Gasteiger partial charge in [-0.15, -0.1) is 0 Å². The fourth-order valence-electron chi connectivity index (χ4n) is 5.99. The maximum atomic E-state index is 4.63. The summed E-state index contributed by atoms with van der Waals surface area (Å²) in [7, 11) is 0. The molecule has 0 saturated heterocycles. The first-order valence-corrected chi connectivity index (χ1v) is 14.0. The van der Waals surface area contributed by atoms with E-state index in [0.717, 1.165) is 0 Å². The quantitative estimate of drug-likeness (QED) is 0.172. The molecule has 1 aromatic heterocycles. The number of hydrogen-bond donors (Lipinski definition) is 0. The summed E-state index contributed by atoms with van der Waals surface area (Å²) in [5, 5.41) is 12.5. The van der Waals surface area contributed by atoms with Gasteiger partial charge in [-0.05, 0) is 83.9 Å². The molecule has 0 atom stereocenters. The van der Waals surface area contributed by atoms with Gasteiger partial charge in [0.15, 0.2) is 0 Å². The lowest BCUT2D eigenvalue weighted by molar-refractivity contribution is 1.36. The Bertz CT molecular complexity index is 2160. The molecule has 0 aliphatic heterocycles. The second-order valence-electron chi connectivity index (χ2n) is 9.97. The minimum Gasteiger partial charge on any atom is -0.264 e. The maximum absolute atomic E-state index is 4.63. The lowest BCUT2D eigenvalue weighted by Crippen LogP contribution is -1.92. The van der Waals surface area contributed by atoms with Gasteiger partial charge >= 0.3 is 0 Å². The van der Waals surface area contributed by atoms with Crippen LogP contribution in [0.1, 0.15) is 0 Å². The van der Waals surface area contributed by atoms with E-state index in [-0.39, 0.29) is 0 Å². The predicted octanol–water partition coefficient (Wildman–Crippen LogP) is 10.7. The van der Waals surface area contributed by atoms with Crippen LogP contribution in [0, 0.1) is 0 Å². The van der Waals surface area contributed by atoms with Gasteiger partial charge in [0.25, 0.3) is 0 Å². The summed E-state index contributed by atoms with van der Waals surface area (Å²) in [4.78, 5) is 7.14. The molecule has 0 fully saturated rings. The van der Waals surface area contributed by atoms with Gasteiger partial charge in [0.1, 0.15) is 0 Å². The lowest BCUT2D eigenvalue weighted by atomic mass is 9.88.